The molecule has 3 rings (SSSR count). The number of nitrogens with zero attached hydrogens (tertiary/aromatic N) is 2. The summed E-state index contributed by atoms with van der Waals surface area (Å²) in [6, 6.07) is 1.63. The average Bonchev–Trinajstić information content (AvgIpc) is 3.05. The van der Waals surface area contributed by atoms with Gasteiger partial charge >= 0.3 is 0 Å². The second-order valence-corrected chi connectivity index (χ2v) is 7.12. The summed E-state index contributed by atoms with van der Waals surface area (Å²) in [5, 5.41) is 0. The first-order valence-electron chi connectivity index (χ1n) is 8.30. The van der Waals surface area contributed by atoms with E-state index in [2.05, 4.69) is 23.6 Å². The molecule has 0 spiro atoms. The Morgan fingerprint density at radius 1 is 1.21 bits per heavy atom. The third-order valence-electron chi connectivity index (χ3n) is 5.45. The number of hydrogen-bond acceptors (Lipinski definition) is 3. The van der Waals surface area contributed by atoms with Crippen molar-refractivity contribution in [3.63, 3.8) is 0 Å². The van der Waals surface area contributed by atoms with Gasteiger partial charge in [-0.2, -0.15) is 0 Å². The molecular weight excluding hydrogens is 236 g/mol. The normalized spacial score (nSPS) is 37.1. The highest BCUT2D eigenvalue weighted by Crippen LogP contribution is 2.28. The van der Waals surface area contributed by atoms with E-state index in [-0.39, 0.29) is 0 Å². The Morgan fingerprint density at radius 2 is 2.11 bits per heavy atom. The SMILES string of the molecule is CC(C)C1CN2CCCC2CN1CCC1CCOC1. The first-order chi connectivity index (χ1) is 9.24. The highest BCUT2D eigenvalue weighted by atomic mass is 16.5. The Labute approximate surface area is 118 Å². The lowest BCUT2D eigenvalue weighted by molar-refractivity contribution is 0.0255. The van der Waals surface area contributed by atoms with Crippen LogP contribution in [0.2, 0.25) is 0 Å². The molecule has 0 aromatic heterocycles. The van der Waals surface area contributed by atoms with Crippen molar-refractivity contribution in [2.24, 2.45) is 11.8 Å². The van der Waals surface area contributed by atoms with E-state index in [4.69, 9.17) is 4.74 Å². The van der Waals surface area contributed by atoms with Crippen molar-refractivity contribution >= 4 is 0 Å². The third kappa shape index (κ3) is 3.14. The number of fused-ring (bicyclic) bond motifs is 1. The molecule has 3 heterocycles. The van der Waals surface area contributed by atoms with Crippen molar-refractivity contribution in [1.29, 1.82) is 0 Å². The van der Waals surface area contributed by atoms with E-state index in [9.17, 15) is 0 Å². The highest BCUT2D eigenvalue weighted by molar-refractivity contribution is 4.93. The molecule has 0 radical (unpaired) electrons. The van der Waals surface area contributed by atoms with Crippen molar-refractivity contribution < 1.29 is 4.74 Å². The summed E-state index contributed by atoms with van der Waals surface area (Å²) in [6.07, 6.45) is 5.47. The lowest BCUT2D eigenvalue weighted by atomic mass is 9.96. The highest BCUT2D eigenvalue weighted by Gasteiger charge is 2.37. The molecule has 3 fully saturated rings. The van der Waals surface area contributed by atoms with E-state index in [1.54, 1.807) is 0 Å². The monoisotopic (exact) mass is 266 g/mol. The zero-order chi connectivity index (χ0) is 13.2. The Balaban J connectivity index is 1.56. The number of ether oxygens (including phenoxy) is 1. The quantitative estimate of drug-likeness (QED) is 0.776. The van der Waals surface area contributed by atoms with Gasteiger partial charge in [0.25, 0.3) is 0 Å². The van der Waals surface area contributed by atoms with Crippen LogP contribution in [0.4, 0.5) is 0 Å². The Bertz CT molecular complexity index is 288. The molecule has 3 aliphatic heterocycles. The molecule has 0 saturated carbocycles. The van der Waals surface area contributed by atoms with Gasteiger partial charge in [0.05, 0.1) is 0 Å². The fraction of sp³-hybridized carbons (Fsp3) is 1.00. The minimum absolute atomic E-state index is 0.775. The smallest absolute Gasteiger partial charge is 0.0495 e. The van der Waals surface area contributed by atoms with Crippen molar-refractivity contribution in [1.82, 2.24) is 9.80 Å². The van der Waals surface area contributed by atoms with Crippen molar-refractivity contribution in [2.45, 2.75) is 51.6 Å². The molecule has 0 N–H and O–H groups in total. The molecule has 3 saturated heterocycles. The predicted octanol–water partition coefficient (Wildman–Crippen LogP) is 2.22. The molecule has 0 aliphatic carbocycles. The molecule has 110 valence electrons. The Morgan fingerprint density at radius 3 is 2.84 bits per heavy atom. The minimum Gasteiger partial charge on any atom is -0.381 e. The van der Waals surface area contributed by atoms with Crippen LogP contribution in [0.15, 0.2) is 0 Å². The van der Waals surface area contributed by atoms with Crippen LogP contribution in [-0.4, -0.2) is 61.3 Å². The van der Waals surface area contributed by atoms with Gasteiger partial charge < -0.3 is 4.74 Å². The van der Waals surface area contributed by atoms with E-state index >= 15 is 0 Å². The van der Waals surface area contributed by atoms with Crippen LogP contribution in [0, 0.1) is 11.8 Å². The molecule has 3 unspecified atom stereocenters. The summed E-state index contributed by atoms with van der Waals surface area (Å²) in [5.74, 6) is 1.61. The molecule has 0 amide bonds. The molecule has 19 heavy (non-hydrogen) atoms. The standard InChI is InChI=1S/C16H30N2O/c1-13(2)16-11-17-7-3-4-15(17)10-18(16)8-5-14-6-9-19-12-14/h13-16H,3-12H2,1-2H3. The van der Waals surface area contributed by atoms with Crippen LogP contribution >= 0.6 is 0 Å². The van der Waals surface area contributed by atoms with Crippen LogP contribution in [0.1, 0.15) is 39.5 Å². The zero-order valence-corrected chi connectivity index (χ0v) is 12.7. The Hall–Kier alpha value is -0.120. The number of hydrogen-bond donors (Lipinski definition) is 0. The lowest BCUT2D eigenvalue weighted by Gasteiger charge is -2.45. The molecule has 3 atom stereocenters. The molecule has 0 aromatic rings. The molecule has 3 aliphatic rings. The average molecular weight is 266 g/mol. The van der Waals surface area contributed by atoms with Gasteiger partial charge in [0.2, 0.25) is 0 Å². The fourth-order valence-corrected chi connectivity index (χ4v) is 4.15. The van der Waals surface area contributed by atoms with E-state index in [1.807, 2.05) is 0 Å². The maximum absolute atomic E-state index is 5.51. The topological polar surface area (TPSA) is 15.7 Å². The second-order valence-electron chi connectivity index (χ2n) is 7.12. The summed E-state index contributed by atoms with van der Waals surface area (Å²) < 4.78 is 5.51. The second kappa shape index (κ2) is 6.11. The molecule has 0 bridgehead atoms. The molecular formula is C16H30N2O. The van der Waals surface area contributed by atoms with Crippen LogP contribution in [0.5, 0.6) is 0 Å². The van der Waals surface area contributed by atoms with E-state index in [1.165, 1.54) is 51.9 Å². The minimum atomic E-state index is 0.775. The third-order valence-corrected chi connectivity index (χ3v) is 5.45. The van der Waals surface area contributed by atoms with Gasteiger partial charge in [0, 0.05) is 38.4 Å². The summed E-state index contributed by atoms with van der Waals surface area (Å²) in [6.45, 7) is 12.1. The van der Waals surface area contributed by atoms with Gasteiger partial charge in [0.1, 0.15) is 0 Å². The number of rotatable bonds is 4. The predicted molar refractivity (Wildman–Crippen MR) is 78.3 cm³/mol. The van der Waals surface area contributed by atoms with Crippen LogP contribution in [0.3, 0.4) is 0 Å². The largest absolute Gasteiger partial charge is 0.381 e. The van der Waals surface area contributed by atoms with Gasteiger partial charge in [-0.25, -0.2) is 0 Å². The molecule has 0 aromatic carbocycles. The van der Waals surface area contributed by atoms with Crippen LogP contribution in [0.25, 0.3) is 0 Å². The van der Waals surface area contributed by atoms with Gasteiger partial charge in [0.15, 0.2) is 0 Å². The first-order valence-corrected chi connectivity index (χ1v) is 8.30. The Kier molecular flexibility index (Phi) is 4.45. The summed E-state index contributed by atoms with van der Waals surface area (Å²) >= 11 is 0. The van der Waals surface area contributed by atoms with Crippen molar-refractivity contribution in [3.8, 4) is 0 Å². The van der Waals surface area contributed by atoms with Crippen molar-refractivity contribution in [3.05, 3.63) is 0 Å². The van der Waals surface area contributed by atoms with Crippen LogP contribution in [-0.2, 0) is 4.74 Å². The maximum Gasteiger partial charge on any atom is 0.0495 e. The van der Waals surface area contributed by atoms with Crippen LogP contribution < -0.4 is 0 Å². The van der Waals surface area contributed by atoms with Gasteiger partial charge in [-0.05, 0) is 50.6 Å². The molecule has 3 nitrogen and oxygen atoms in total. The maximum atomic E-state index is 5.51. The summed E-state index contributed by atoms with van der Waals surface area (Å²) in [4.78, 5) is 5.55. The summed E-state index contributed by atoms with van der Waals surface area (Å²) in [5.41, 5.74) is 0. The summed E-state index contributed by atoms with van der Waals surface area (Å²) in [7, 11) is 0. The fourth-order valence-electron chi connectivity index (χ4n) is 4.15. The zero-order valence-electron chi connectivity index (χ0n) is 12.7. The van der Waals surface area contributed by atoms with E-state index in [0.717, 1.165) is 37.1 Å². The number of piperazine rings is 1. The van der Waals surface area contributed by atoms with Gasteiger partial charge in [-0.15, -0.1) is 0 Å². The van der Waals surface area contributed by atoms with Gasteiger partial charge in [-0.1, -0.05) is 13.8 Å². The lowest BCUT2D eigenvalue weighted by Crippen LogP contribution is -2.58. The molecule has 3 heteroatoms. The van der Waals surface area contributed by atoms with E-state index in [0.29, 0.717) is 0 Å². The first kappa shape index (κ1) is 13.8. The van der Waals surface area contributed by atoms with Crippen molar-refractivity contribution in [2.75, 3.05) is 39.4 Å². The van der Waals surface area contributed by atoms with Gasteiger partial charge in [-0.3, -0.25) is 9.80 Å². The van der Waals surface area contributed by atoms with E-state index < -0.39 is 0 Å².